The van der Waals surface area contributed by atoms with Gasteiger partial charge in [0.25, 0.3) is 0 Å². The van der Waals surface area contributed by atoms with E-state index in [1.165, 1.54) is 12.1 Å². The van der Waals surface area contributed by atoms with Gasteiger partial charge in [-0.2, -0.15) is 13.2 Å². The quantitative estimate of drug-likeness (QED) is 0.763. The van der Waals surface area contributed by atoms with Gasteiger partial charge in [-0.25, -0.2) is 4.98 Å². The van der Waals surface area contributed by atoms with E-state index in [9.17, 15) is 13.2 Å². The number of rotatable bonds is 0. The zero-order valence-corrected chi connectivity index (χ0v) is 7.97. The molecule has 0 amide bonds. The second kappa shape index (κ2) is 3.03. The van der Waals surface area contributed by atoms with E-state index in [0.29, 0.717) is 0 Å². The Morgan fingerprint density at radius 2 is 2.00 bits per heavy atom. The summed E-state index contributed by atoms with van der Waals surface area (Å²) in [6.45, 7) is 0. The van der Waals surface area contributed by atoms with Gasteiger partial charge in [-0.15, -0.1) is 0 Å². The lowest BCUT2D eigenvalue weighted by atomic mass is 10.4. The van der Waals surface area contributed by atoms with Crippen molar-refractivity contribution in [1.82, 2.24) is 9.38 Å². The Labute approximate surface area is 87.3 Å². The lowest BCUT2D eigenvalue weighted by Gasteiger charge is -2.04. The van der Waals surface area contributed by atoms with Gasteiger partial charge in [-0.05, 0) is 12.1 Å². The number of nitrogens with two attached hydrogens (primary N) is 1. The number of hydrogen-bond acceptors (Lipinski definition) is 2. The minimum atomic E-state index is -4.55. The van der Waals surface area contributed by atoms with Crippen LogP contribution in [0.25, 0.3) is 5.52 Å². The fraction of sp³-hybridized carbons (Fsp3) is 0.125. The van der Waals surface area contributed by atoms with E-state index in [4.69, 9.17) is 17.3 Å². The van der Waals surface area contributed by atoms with Gasteiger partial charge in [0.1, 0.15) is 0 Å². The highest BCUT2D eigenvalue weighted by atomic mass is 35.5. The van der Waals surface area contributed by atoms with E-state index >= 15 is 0 Å². The molecule has 0 spiro atoms. The molecule has 0 radical (unpaired) electrons. The smallest absolute Gasteiger partial charge is 0.398 e. The van der Waals surface area contributed by atoms with Crippen LogP contribution in [0, 0.1) is 0 Å². The molecule has 2 rings (SSSR count). The Balaban J connectivity index is 2.81. The van der Waals surface area contributed by atoms with Gasteiger partial charge < -0.3 is 5.73 Å². The molecule has 0 bridgehead atoms. The van der Waals surface area contributed by atoms with Crippen molar-refractivity contribution in [2.45, 2.75) is 6.18 Å². The van der Waals surface area contributed by atoms with E-state index in [0.717, 1.165) is 10.6 Å². The molecular formula is C8H5ClF3N3. The summed E-state index contributed by atoms with van der Waals surface area (Å²) in [6.07, 6.45) is -3.42. The van der Waals surface area contributed by atoms with Crippen LogP contribution in [-0.4, -0.2) is 9.38 Å². The number of aromatic nitrogens is 2. The van der Waals surface area contributed by atoms with Gasteiger partial charge >= 0.3 is 6.18 Å². The molecule has 0 aromatic carbocycles. The number of halogens is 4. The molecule has 80 valence electrons. The lowest BCUT2D eigenvalue weighted by molar-refractivity contribution is -0.145. The molecule has 2 aromatic heterocycles. The molecule has 0 unspecified atom stereocenters. The molecule has 0 aliphatic carbocycles. The van der Waals surface area contributed by atoms with E-state index in [1.807, 2.05) is 0 Å². The average Bonchev–Trinajstić information content (AvgIpc) is 2.42. The van der Waals surface area contributed by atoms with E-state index in [-0.39, 0.29) is 16.4 Å². The van der Waals surface area contributed by atoms with Crippen molar-refractivity contribution in [1.29, 1.82) is 0 Å². The van der Waals surface area contributed by atoms with Crippen LogP contribution in [-0.2, 0) is 6.18 Å². The van der Waals surface area contributed by atoms with Gasteiger partial charge in [0.15, 0.2) is 5.15 Å². The number of pyridine rings is 1. The van der Waals surface area contributed by atoms with Crippen LogP contribution in [0.15, 0.2) is 18.3 Å². The largest absolute Gasteiger partial charge is 0.450 e. The zero-order valence-electron chi connectivity index (χ0n) is 7.22. The Bertz CT molecular complexity index is 518. The molecule has 2 aromatic rings. The second-order valence-electron chi connectivity index (χ2n) is 2.94. The topological polar surface area (TPSA) is 43.3 Å². The summed E-state index contributed by atoms with van der Waals surface area (Å²) in [5.41, 5.74) is 5.78. The highest BCUT2D eigenvalue weighted by molar-refractivity contribution is 6.32. The second-order valence-corrected chi connectivity index (χ2v) is 3.30. The maximum absolute atomic E-state index is 12.5. The Morgan fingerprint density at radius 1 is 1.33 bits per heavy atom. The summed E-state index contributed by atoms with van der Waals surface area (Å²) in [5.74, 6) is -1.07. The predicted octanol–water partition coefficient (Wildman–Crippen LogP) is 2.59. The maximum Gasteiger partial charge on any atom is 0.450 e. The predicted molar refractivity (Wildman–Crippen MR) is 49.6 cm³/mol. The van der Waals surface area contributed by atoms with Crippen molar-refractivity contribution in [2.24, 2.45) is 0 Å². The first-order valence-electron chi connectivity index (χ1n) is 3.90. The first kappa shape index (κ1) is 10.1. The van der Waals surface area contributed by atoms with Crippen molar-refractivity contribution in [2.75, 3.05) is 5.73 Å². The number of imidazole rings is 1. The summed E-state index contributed by atoms with van der Waals surface area (Å²) in [7, 11) is 0. The van der Waals surface area contributed by atoms with Crippen LogP contribution in [0.5, 0.6) is 0 Å². The van der Waals surface area contributed by atoms with Gasteiger partial charge in [-0.1, -0.05) is 11.6 Å². The third-order valence-electron chi connectivity index (χ3n) is 1.87. The first-order chi connectivity index (χ1) is 6.89. The molecule has 7 heteroatoms. The number of alkyl halides is 3. The Morgan fingerprint density at radius 3 is 2.60 bits per heavy atom. The van der Waals surface area contributed by atoms with Gasteiger partial charge in [0, 0.05) is 11.9 Å². The number of fused-ring (bicyclic) bond motifs is 1. The fourth-order valence-electron chi connectivity index (χ4n) is 1.26. The summed E-state index contributed by atoms with van der Waals surface area (Å²) in [5, 5.41) is -0.192. The van der Waals surface area contributed by atoms with Gasteiger partial charge in [0.05, 0.1) is 5.52 Å². The third kappa shape index (κ3) is 1.61. The SMILES string of the molecule is Nc1ccc2c(Cl)nc(C(F)(F)F)n2c1. The molecule has 0 saturated carbocycles. The molecule has 2 heterocycles. The van der Waals surface area contributed by atoms with Crippen LogP contribution in [0.2, 0.25) is 5.15 Å². The number of nitrogen functional groups attached to an aromatic ring is 1. The van der Waals surface area contributed by atoms with E-state index in [2.05, 4.69) is 4.98 Å². The summed E-state index contributed by atoms with van der Waals surface area (Å²) in [4.78, 5) is 3.25. The van der Waals surface area contributed by atoms with Crippen molar-refractivity contribution < 1.29 is 13.2 Å². The molecule has 15 heavy (non-hydrogen) atoms. The zero-order chi connectivity index (χ0) is 11.2. The Hall–Kier alpha value is -1.43. The lowest BCUT2D eigenvalue weighted by Crippen LogP contribution is -2.10. The molecule has 2 N–H and O–H groups in total. The number of anilines is 1. The molecule has 0 saturated heterocycles. The molecule has 3 nitrogen and oxygen atoms in total. The van der Waals surface area contributed by atoms with Crippen molar-refractivity contribution in [3.8, 4) is 0 Å². The number of nitrogens with zero attached hydrogens (tertiary/aromatic N) is 2. The van der Waals surface area contributed by atoms with Crippen LogP contribution >= 0.6 is 11.6 Å². The summed E-state index contributed by atoms with van der Waals surface area (Å²) < 4.78 is 38.3. The molecular weight excluding hydrogens is 231 g/mol. The van der Waals surface area contributed by atoms with Crippen molar-refractivity contribution in [3.63, 3.8) is 0 Å². The van der Waals surface area contributed by atoms with Crippen LogP contribution in [0.1, 0.15) is 5.82 Å². The third-order valence-corrected chi connectivity index (χ3v) is 2.15. The monoisotopic (exact) mass is 235 g/mol. The molecule has 0 aliphatic rings. The normalized spacial score (nSPS) is 12.3. The van der Waals surface area contributed by atoms with Gasteiger partial charge in [0.2, 0.25) is 5.82 Å². The minimum Gasteiger partial charge on any atom is -0.398 e. The molecule has 0 atom stereocenters. The van der Waals surface area contributed by atoms with Crippen LogP contribution in [0.3, 0.4) is 0 Å². The van der Waals surface area contributed by atoms with Gasteiger partial charge in [-0.3, -0.25) is 4.40 Å². The van der Waals surface area contributed by atoms with E-state index < -0.39 is 12.0 Å². The summed E-state index contributed by atoms with van der Waals surface area (Å²) >= 11 is 5.56. The minimum absolute atomic E-state index is 0.179. The standard InChI is InChI=1S/C8H5ClF3N3/c9-6-5-2-1-4(13)3-15(5)7(14-6)8(10,11)12/h1-3H,13H2. The summed E-state index contributed by atoms with van der Waals surface area (Å²) in [6, 6.07) is 2.85. The number of hydrogen-bond donors (Lipinski definition) is 1. The van der Waals surface area contributed by atoms with Crippen molar-refractivity contribution >= 4 is 22.8 Å². The van der Waals surface area contributed by atoms with Crippen LogP contribution in [0.4, 0.5) is 18.9 Å². The molecule has 0 fully saturated rings. The van der Waals surface area contributed by atoms with Crippen LogP contribution < -0.4 is 5.73 Å². The average molecular weight is 236 g/mol. The first-order valence-corrected chi connectivity index (χ1v) is 4.27. The van der Waals surface area contributed by atoms with E-state index in [1.54, 1.807) is 0 Å². The highest BCUT2D eigenvalue weighted by Crippen LogP contribution is 2.32. The molecule has 0 aliphatic heterocycles. The van der Waals surface area contributed by atoms with Crippen molar-refractivity contribution in [3.05, 3.63) is 29.3 Å². The maximum atomic E-state index is 12.5. The highest BCUT2D eigenvalue weighted by Gasteiger charge is 2.37. The Kier molecular flexibility index (Phi) is 2.04. The fourth-order valence-corrected chi connectivity index (χ4v) is 1.50.